The van der Waals surface area contributed by atoms with E-state index < -0.39 is 15.9 Å². The monoisotopic (exact) mass is 448 g/mol. The van der Waals surface area contributed by atoms with Crippen LogP contribution in [-0.4, -0.2) is 30.8 Å². The number of nitrogens with one attached hydrogen (secondary N) is 2. The van der Waals surface area contributed by atoms with Crippen LogP contribution in [0, 0.1) is 20.8 Å². The minimum atomic E-state index is -3.87. The Morgan fingerprint density at radius 3 is 2.45 bits per heavy atom. The van der Waals surface area contributed by atoms with Gasteiger partial charge in [-0.2, -0.15) is 0 Å². The molecule has 0 saturated carbocycles. The first-order valence-corrected chi connectivity index (χ1v) is 12.1. The molecule has 0 bridgehead atoms. The maximum atomic E-state index is 13.0. The number of aromatic nitrogens is 2. The van der Waals surface area contributed by atoms with Crippen molar-refractivity contribution in [3.8, 4) is 0 Å². The van der Waals surface area contributed by atoms with Gasteiger partial charge in [0.25, 0.3) is 15.9 Å². The minimum Gasteiger partial charge on any atom is -0.296 e. The lowest BCUT2D eigenvalue weighted by molar-refractivity contribution is 0.102. The smallest absolute Gasteiger partial charge is 0.262 e. The van der Waals surface area contributed by atoms with Gasteiger partial charge in [0.05, 0.1) is 10.6 Å². The van der Waals surface area contributed by atoms with Gasteiger partial charge in [-0.15, -0.1) is 10.2 Å². The highest BCUT2D eigenvalue weighted by Gasteiger charge is 2.21. The number of benzene rings is 2. The number of hydrogen-bond donors (Lipinski definition) is 2. The number of rotatable bonds is 6. The maximum Gasteiger partial charge on any atom is 0.262 e. The summed E-state index contributed by atoms with van der Waals surface area (Å²) >= 11 is 2.68. The van der Waals surface area contributed by atoms with Crippen molar-refractivity contribution < 1.29 is 13.2 Å². The predicted octanol–water partition coefficient (Wildman–Crippen LogP) is 4.24. The van der Waals surface area contributed by atoms with E-state index >= 15 is 0 Å². The molecule has 0 radical (unpaired) electrons. The summed E-state index contributed by atoms with van der Waals surface area (Å²) in [6.45, 7) is 5.41. The number of nitrogens with zero attached hydrogens (tertiary/aromatic N) is 2. The molecule has 1 heterocycles. The van der Waals surface area contributed by atoms with Gasteiger partial charge >= 0.3 is 0 Å². The van der Waals surface area contributed by atoms with Gasteiger partial charge in [0.1, 0.15) is 0 Å². The molecule has 0 atom stereocenters. The molecular formula is C19H20N4O3S3. The molecule has 29 heavy (non-hydrogen) atoms. The van der Waals surface area contributed by atoms with Crippen molar-refractivity contribution >= 4 is 49.8 Å². The van der Waals surface area contributed by atoms with Crippen molar-refractivity contribution in [3.63, 3.8) is 0 Å². The Morgan fingerprint density at radius 1 is 1.03 bits per heavy atom. The number of amides is 1. The molecule has 0 aliphatic rings. The number of aryl methyl sites for hydroxylation is 3. The van der Waals surface area contributed by atoms with Crippen molar-refractivity contribution in [2.45, 2.75) is 30.0 Å². The van der Waals surface area contributed by atoms with Gasteiger partial charge in [-0.3, -0.25) is 14.8 Å². The molecule has 0 aliphatic heterocycles. The zero-order valence-electron chi connectivity index (χ0n) is 16.3. The molecule has 7 nitrogen and oxygen atoms in total. The van der Waals surface area contributed by atoms with E-state index in [0.717, 1.165) is 15.5 Å². The molecule has 1 aromatic heterocycles. The van der Waals surface area contributed by atoms with Crippen molar-refractivity contribution in [2.24, 2.45) is 0 Å². The minimum absolute atomic E-state index is 0.0492. The van der Waals surface area contributed by atoms with Gasteiger partial charge in [-0.1, -0.05) is 41.3 Å². The normalized spacial score (nSPS) is 11.3. The average molecular weight is 449 g/mol. The van der Waals surface area contributed by atoms with E-state index in [1.54, 1.807) is 25.1 Å². The standard InChI is InChI=1S/C19H20N4O3S3/c1-11-5-6-12(2)15(9-11)23-29(25,26)16-10-14(8-7-13(16)3)17(24)20-18-21-22-19(27-4)28-18/h5-10,23H,1-4H3,(H,20,21,24). The summed E-state index contributed by atoms with van der Waals surface area (Å²) in [5.41, 5.74) is 3.03. The number of hydrogen-bond acceptors (Lipinski definition) is 7. The summed E-state index contributed by atoms with van der Waals surface area (Å²) in [5, 5.41) is 10.8. The van der Waals surface area contributed by atoms with E-state index in [-0.39, 0.29) is 10.5 Å². The molecule has 0 aliphatic carbocycles. The van der Waals surface area contributed by atoms with Crippen molar-refractivity contribution in [1.82, 2.24) is 10.2 Å². The van der Waals surface area contributed by atoms with Crippen LogP contribution >= 0.6 is 23.1 Å². The second-order valence-electron chi connectivity index (χ2n) is 6.44. The second kappa shape index (κ2) is 8.52. The van der Waals surface area contributed by atoms with Gasteiger partial charge in [-0.25, -0.2) is 8.42 Å². The van der Waals surface area contributed by atoms with Crippen LogP contribution in [0.4, 0.5) is 10.8 Å². The molecule has 2 N–H and O–H groups in total. The van der Waals surface area contributed by atoms with Crippen LogP contribution in [0.25, 0.3) is 0 Å². The predicted molar refractivity (Wildman–Crippen MR) is 118 cm³/mol. The van der Waals surface area contributed by atoms with Crippen LogP contribution in [0.15, 0.2) is 45.6 Å². The van der Waals surface area contributed by atoms with Crippen LogP contribution in [0.5, 0.6) is 0 Å². The van der Waals surface area contributed by atoms with Gasteiger partial charge in [0.15, 0.2) is 4.34 Å². The number of thioether (sulfide) groups is 1. The largest absolute Gasteiger partial charge is 0.296 e. The summed E-state index contributed by atoms with van der Waals surface area (Å²) in [4.78, 5) is 12.6. The third kappa shape index (κ3) is 4.95. The van der Waals surface area contributed by atoms with Crippen LogP contribution < -0.4 is 10.0 Å². The molecule has 152 valence electrons. The van der Waals surface area contributed by atoms with E-state index in [0.29, 0.717) is 16.4 Å². The van der Waals surface area contributed by atoms with Crippen molar-refractivity contribution in [3.05, 3.63) is 58.7 Å². The fourth-order valence-electron chi connectivity index (χ4n) is 2.59. The molecule has 1 amide bonds. The molecule has 2 aromatic carbocycles. The van der Waals surface area contributed by atoms with Crippen LogP contribution in [-0.2, 0) is 10.0 Å². The number of anilines is 2. The highest BCUT2D eigenvalue weighted by molar-refractivity contribution is 8.00. The molecular weight excluding hydrogens is 428 g/mol. The molecule has 0 spiro atoms. The Balaban J connectivity index is 1.89. The topological polar surface area (TPSA) is 101 Å². The molecule has 0 saturated heterocycles. The summed E-state index contributed by atoms with van der Waals surface area (Å²) in [5.74, 6) is -0.447. The summed E-state index contributed by atoms with van der Waals surface area (Å²) in [6.07, 6.45) is 1.87. The lowest BCUT2D eigenvalue weighted by Crippen LogP contribution is -2.17. The molecule has 10 heteroatoms. The van der Waals surface area contributed by atoms with E-state index in [1.165, 1.54) is 29.2 Å². The first-order valence-electron chi connectivity index (χ1n) is 8.59. The van der Waals surface area contributed by atoms with Gasteiger partial charge < -0.3 is 0 Å². The Hall–Kier alpha value is -2.43. The van der Waals surface area contributed by atoms with E-state index in [2.05, 4.69) is 20.2 Å². The Kier molecular flexibility index (Phi) is 6.25. The van der Waals surface area contributed by atoms with E-state index in [1.807, 2.05) is 32.2 Å². The van der Waals surface area contributed by atoms with Crippen LogP contribution in [0.3, 0.4) is 0 Å². The average Bonchev–Trinajstić information content (AvgIpc) is 3.12. The Labute approximate surface area is 178 Å². The quantitative estimate of drug-likeness (QED) is 0.432. The molecule has 0 unspecified atom stereocenters. The summed E-state index contributed by atoms with van der Waals surface area (Å²) in [6, 6.07) is 10.1. The van der Waals surface area contributed by atoms with Gasteiger partial charge in [0, 0.05) is 5.56 Å². The molecule has 3 rings (SSSR count). The first kappa shape index (κ1) is 21.3. The zero-order valence-corrected chi connectivity index (χ0v) is 18.8. The fourth-order valence-corrected chi connectivity index (χ4v) is 5.15. The third-order valence-electron chi connectivity index (χ3n) is 4.18. The second-order valence-corrected chi connectivity index (χ2v) is 10.1. The third-order valence-corrected chi connectivity index (χ3v) is 7.50. The van der Waals surface area contributed by atoms with Gasteiger partial charge in [-0.05, 0) is 61.9 Å². The fraction of sp³-hybridized carbons (Fsp3) is 0.211. The van der Waals surface area contributed by atoms with Gasteiger partial charge in [0.2, 0.25) is 5.13 Å². The first-order chi connectivity index (χ1) is 13.7. The molecule has 0 fully saturated rings. The number of carbonyl (C=O) groups excluding carboxylic acids is 1. The number of carbonyl (C=O) groups is 1. The zero-order chi connectivity index (χ0) is 21.2. The summed E-state index contributed by atoms with van der Waals surface area (Å²) in [7, 11) is -3.87. The van der Waals surface area contributed by atoms with E-state index in [9.17, 15) is 13.2 Å². The maximum absolute atomic E-state index is 13.0. The van der Waals surface area contributed by atoms with Crippen molar-refractivity contribution in [2.75, 3.05) is 16.3 Å². The highest BCUT2D eigenvalue weighted by Crippen LogP contribution is 2.26. The lowest BCUT2D eigenvalue weighted by atomic mass is 10.1. The number of sulfonamides is 1. The Morgan fingerprint density at radius 2 is 1.76 bits per heavy atom. The van der Waals surface area contributed by atoms with Crippen molar-refractivity contribution in [1.29, 1.82) is 0 Å². The SMILES string of the molecule is CSc1nnc(NC(=O)c2ccc(C)c(S(=O)(=O)Nc3cc(C)ccc3C)c2)s1. The molecule has 3 aromatic rings. The van der Waals surface area contributed by atoms with Crippen LogP contribution in [0.1, 0.15) is 27.0 Å². The highest BCUT2D eigenvalue weighted by atomic mass is 32.2. The summed E-state index contributed by atoms with van der Waals surface area (Å²) < 4.78 is 29.3. The lowest BCUT2D eigenvalue weighted by Gasteiger charge is -2.14. The Bertz CT molecular complexity index is 1170. The van der Waals surface area contributed by atoms with E-state index in [4.69, 9.17) is 0 Å². The van der Waals surface area contributed by atoms with Crippen LogP contribution in [0.2, 0.25) is 0 Å².